The van der Waals surface area contributed by atoms with Crippen LogP contribution in [0.15, 0.2) is 18.2 Å². The molecule has 1 aromatic rings. The summed E-state index contributed by atoms with van der Waals surface area (Å²) in [5.74, 6) is -0.0702. The van der Waals surface area contributed by atoms with Gasteiger partial charge in [-0.2, -0.15) is 0 Å². The van der Waals surface area contributed by atoms with E-state index in [0.717, 1.165) is 18.8 Å². The topological polar surface area (TPSA) is 58.4 Å². The summed E-state index contributed by atoms with van der Waals surface area (Å²) in [7, 11) is 0. The lowest BCUT2D eigenvalue weighted by Crippen LogP contribution is -2.32. The zero-order valence-electron chi connectivity index (χ0n) is 11.7. The molecule has 0 unspecified atom stereocenters. The number of amides is 1. The summed E-state index contributed by atoms with van der Waals surface area (Å²) in [6.45, 7) is 9.77. The van der Waals surface area contributed by atoms with E-state index in [1.807, 2.05) is 26.0 Å². The Labute approximate surface area is 109 Å². The predicted molar refractivity (Wildman–Crippen MR) is 77.0 cm³/mol. The quantitative estimate of drug-likeness (QED) is 0.787. The van der Waals surface area contributed by atoms with Crippen molar-refractivity contribution in [2.24, 2.45) is 0 Å². The van der Waals surface area contributed by atoms with Crippen LogP contribution in [-0.4, -0.2) is 25.0 Å². The van der Waals surface area contributed by atoms with Gasteiger partial charge in [-0.3, -0.25) is 4.79 Å². The molecule has 1 amide bonds. The lowest BCUT2D eigenvalue weighted by molar-refractivity contribution is 0.0943. The monoisotopic (exact) mass is 249 g/mol. The van der Waals surface area contributed by atoms with Crippen molar-refractivity contribution in [3.63, 3.8) is 0 Å². The van der Waals surface area contributed by atoms with Crippen molar-refractivity contribution in [1.82, 2.24) is 5.32 Å². The number of nitrogens with two attached hydrogens (primary N) is 1. The first kappa shape index (κ1) is 14.4. The summed E-state index contributed by atoms with van der Waals surface area (Å²) >= 11 is 0. The summed E-state index contributed by atoms with van der Waals surface area (Å²) in [5.41, 5.74) is 7.97. The molecule has 0 spiro atoms. The van der Waals surface area contributed by atoms with Crippen molar-refractivity contribution in [1.29, 1.82) is 0 Å². The number of nitrogen functional groups attached to an aromatic ring is 1. The summed E-state index contributed by atoms with van der Waals surface area (Å²) in [4.78, 5) is 14.3. The van der Waals surface area contributed by atoms with Crippen LogP contribution >= 0.6 is 0 Å². The third-order valence-electron chi connectivity index (χ3n) is 2.79. The number of rotatable bonds is 5. The molecule has 4 nitrogen and oxygen atoms in total. The zero-order valence-corrected chi connectivity index (χ0v) is 11.7. The van der Waals surface area contributed by atoms with Gasteiger partial charge in [-0.1, -0.05) is 0 Å². The number of hydrogen-bond acceptors (Lipinski definition) is 3. The average molecular weight is 249 g/mol. The van der Waals surface area contributed by atoms with E-state index in [0.29, 0.717) is 11.3 Å². The minimum atomic E-state index is -0.0702. The predicted octanol–water partition coefficient (Wildman–Crippen LogP) is 2.25. The molecule has 4 heteroatoms. The lowest BCUT2D eigenvalue weighted by Gasteiger charge is -2.24. The molecule has 0 bridgehead atoms. The molecular weight excluding hydrogens is 226 g/mol. The number of benzene rings is 1. The van der Waals surface area contributed by atoms with E-state index in [-0.39, 0.29) is 11.9 Å². The fraction of sp³-hybridized carbons (Fsp3) is 0.500. The Morgan fingerprint density at radius 2 is 1.94 bits per heavy atom. The van der Waals surface area contributed by atoms with Gasteiger partial charge in [-0.05, 0) is 45.9 Å². The van der Waals surface area contributed by atoms with Crippen LogP contribution in [0, 0.1) is 0 Å². The maximum Gasteiger partial charge on any atom is 0.253 e. The van der Waals surface area contributed by atoms with Crippen LogP contribution in [0.4, 0.5) is 11.4 Å². The molecule has 100 valence electrons. The first-order valence-corrected chi connectivity index (χ1v) is 6.44. The van der Waals surface area contributed by atoms with Gasteiger partial charge in [-0.25, -0.2) is 0 Å². The smallest absolute Gasteiger partial charge is 0.253 e. The largest absolute Gasteiger partial charge is 0.399 e. The fourth-order valence-electron chi connectivity index (χ4n) is 1.92. The van der Waals surface area contributed by atoms with Crippen molar-refractivity contribution < 1.29 is 4.79 Å². The van der Waals surface area contributed by atoms with Gasteiger partial charge in [0.1, 0.15) is 0 Å². The minimum Gasteiger partial charge on any atom is -0.399 e. The van der Waals surface area contributed by atoms with Crippen molar-refractivity contribution >= 4 is 17.3 Å². The van der Waals surface area contributed by atoms with E-state index in [2.05, 4.69) is 24.1 Å². The van der Waals surface area contributed by atoms with Crippen LogP contribution in [0.2, 0.25) is 0 Å². The van der Waals surface area contributed by atoms with E-state index >= 15 is 0 Å². The van der Waals surface area contributed by atoms with Gasteiger partial charge >= 0.3 is 0 Å². The molecule has 0 radical (unpaired) electrons. The van der Waals surface area contributed by atoms with Crippen LogP contribution in [0.5, 0.6) is 0 Å². The van der Waals surface area contributed by atoms with E-state index in [9.17, 15) is 4.79 Å². The Hall–Kier alpha value is -1.71. The highest BCUT2D eigenvalue weighted by molar-refractivity contribution is 6.00. The standard InChI is InChI=1S/C14H23N3O/c1-5-17(6-2)13-8-7-11(15)9-12(13)14(18)16-10(3)4/h7-10H,5-6,15H2,1-4H3,(H,16,18). The fourth-order valence-corrected chi connectivity index (χ4v) is 1.92. The molecule has 0 aliphatic heterocycles. The summed E-state index contributed by atoms with van der Waals surface area (Å²) < 4.78 is 0. The van der Waals surface area contributed by atoms with Gasteiger partial charge in [-0.15, -0.1) is 0 Å². The molecule has 18 heavy (non-hydrogen) atoms. The maximum absolute atomic E-state index is 12.2. The second kappa shape index (κ2) is 6.28. The second-order valence-electron chi connectivity index (χ2n) is 4.58. The van der Waals surface area contributed by atoms with Crippen LogP contribution in [-0.2, 0) is 0 Å². The Balaban J connectivity index is 3.14. The molecule has 0 fully saturated rings. The Bertz CT molecular complexity index is 412. The number of nitrogens with zero attached hydrogens (tertiary/aromatic N) is 1. The molecule has 3 N–H and O–H groups in total. The third-order valence-corrected chi connectivity index (χ3v) is 2.79. The molecule has 0 aliphatic rings. The van der Waals surface area contributed by atoms with Gasteiger partial charge in [0, 0.05) is 30.5 Å². The minimum absolute atomic E-state index is 0.0702. The number of nitrogens with one attached hydrogen (secondary N) is 1. The lowest BCUT2D eigenvalue weighted by atomic mass is 10.1. The molecule has 0 aliphatic carbocycles. The van der Waals surface area contributed by atoms with Crippen molar-refractivity contribution in [3.8, 4) is 0 Å². The highest BCUT2D eigenvalue weighted by atomic mass is 16.1. The van der Waals surface area contributed by atoms with Crippen molar-refractivity contribution in [2.75, 3.05) is 23.7 Å². The van der Waals surface area contributed by atoms with Crippen molar-refractivity contribution in [3.05, 3.63) is 23.8 Å². The first-order chi connectivity index (χ1) is 8.49. The normalized spacial score (nSPS) is 10.5. The Kier molecular flexibility index (Phi) is 5.01. The van der Waals surface area contributed by atoms with Gasteiger partial charge in [0.2, 0.25) is 0 Å². The molecule has 0 saturated carbocycles. The van der Waals surface area contributed by atoms with Gasteiger partial charge < -0.3 is 16.0 Å². The highest BCUT2D eigenvalue weighted by Gasteiger charge is 2.15. The summed E-state index contributed by atoms with van der Waals surface area (Å²) in [6, 6.07) is 5.60. The van der Waals surface area contributed by atoms with Gasteiger partial charge in [0.15, 0.2) is 0 Å². The number of carbonyl (C=O) groups is 1. The van der Waals surface area contributed by atoms with E-state index < -0.39 is 0 Å². The van der Waals surface area contributed by atoms with E-state index in [1.54, 1.807) is 6.07 Å². The van der Waals surface area contributed by atoms with Crippen LogP contribution in [0.3, 0.4) is 0 Å². The van der Waals surface area contributed by atoms with Crippen LogP contribution in [0.1, 0.15) is 38.1 Å². The first-order valence-electron chi connectivity index (χ1n) is 6.44. The maximum atomic E-state index is 12.2. The summed E-state index contributed by atoms with van der Waals surface area (Å²) in [6.07, 6.45) is 0. The summed E-state index contributed by atoms with van der Waals surface area (Å²) in [5, 5.41) is 2.91. The van der Waals surface area contributed by atoms with Crippen LogP contribution < -0.4 is 16.0 Å². The Morgan fingerprint density at radius 1 is 1.33 bits per heavy atom. The van der Waals surface area contributed by atoms with E-state index in [1.165, 1.54) is 0 Å². The van der Waals surface area contributed by atoms with Crippen LogP contribution in [0.25, 0.3) is 0 Å². The SMILES string of the molecule is CCN(CC)c1ccc(N)cc1C(=O)NC(C)C. The molecule has 0 heterocycles. The molecule has 0 atom stereocenters. The Morgan fingerprint density at radius 3 is 2.44 bits per heavy atom. The van der Waals surface area contributed by atoms with E-state index in [4.69, 9.17) is 5.73 Å². The second-order valence-corrected chi connectivity index (χ2v) is 4.58. The molecular formula is C14H23N3O. The molecule has 1 rings (SSSR count). The molecule has 0 aromatic heterocycles. The average Bonchev–Trinajstić information content (AvgIpc) is 2.31. The number of hydrogen-bond donors (Lipinski definition) is 2. The highest BCUT2D eigenvalue weighted by Crippen LogP contribution is 2.23. The molecule has 0 saturated heterocycles. The molecule has 1 aromatic carbocycles. The van der Waals surface area contributed by atoms with Gasteiger partial charge in [0.25, 0.3) is 5.91 Å². The zero-order chi connectivity index (χ0) is 13.7. The number of carbonyl (C=O) groups excluding carboxylic acids is 1. The van der Waals surface area contributed by atoms with Crippen molar-refractivity contribution in [2.45, 2.75) is 33.7 Å². The van der Waals surface area contributed by atoms with Gasteiger partial charge in [0.05, 0.1) is 5.56 Å². The third kappa shape index (κ3) is 3.39. The number of anilines is 2.